The number of methoxy groups -OCH3 is 1. The summed E-state index contributed by atoms with van der Waals surface area (Å²) in [5, 5.41) is 5.30. The fraction of sp³-hybridized carbons (Fsp3) is 0.222. The fourth-order valence-corrected chi connectivity index (χ4v) is 2.81. The zero-order valence-corrected chi connectivity index (χ0v) is 15.6. The monoisotopic (exact) mass is 420 g/mol. The van der Waals surface area contributed by atoms with Crippen LogP contribution in [0.5, 0.6) is 17.2 Å². The summed E-state index contributed by atoms with van der Waals surface area (Å²) < 4.78 is 17.0. The molecule has 0 aliphatic carbocycles. The summed E-state index contributed by atoms with van der Waals surface area (Å²) >= 11 is 3.35. The van der Waals surface area contributed by atoms with Crippen LogP contribution in [0.15, 0.2) is 40.9 Å². The highest BCUT2D eigenvalue weighted by Crippen LogP contribution is 2.40. The van der Waals surface area contributed by atoms with E-state index in [4.69, 9.17) is 14.2 Å². The van der Waals surface area contributed by atoms with Crippen molar-refractivity contribution in [2.75, 3.05) is 32.2 Å². The first-order valence-electron chi connectivity index (χ1n) is 7.88. The Morgan fingerprint density at radius 3 is 2.73 bits per heavy atom. The minimum atomic E-state index is -0.414. The molecule has 136 valence electrons. The molecular formula is C18H17BrN2O5. The first-order valence-corrected chi connectivity index (χ1v) is 8.68. The van der Waals surface area contributed by atoms with Crippen LogP contribution in [0.25, 0.3) is 0 Å². The summed E-state index contributed by atoms with van der Waals surface area (Å²) in [6.45, 7) is 0.649. The summed E-state index contributed by atoms with van der Waals surface area (Å²) in [5.41, 5.74) is 0.951. The molecule has 0 fully saturated rings. The van der Waals surface area contributed by atoms with E-state index in [0.717, 1.165) is 4.47 Å². The molecular weight excluding hydrogens is 404 g/mol. The Kier molecular flexibility index (Phi) is 5.62. The number of halogens is 1. The number of fused-ring (bicyclic) bond motifs is 1. The molecule has 0 atom stereocenters. The predicted molar refractivity (Wildman–Crippen MR) is 99.1 cm³/mol. The predicted octanol–water partition coefficient (Wildman–Crippen LogP) is 2.60. The molecule has 0 saturated carbocycles. The van der Waals surface area contributed by atoms with Gasteiger partial charge in [0.05, 0.1) is 19.3 Å². The van der Waals surface area contributed by atoms with Crippen molar-refractivity contribution in [1.29, 1.82) is 0 Å². The van der Waals surface area contributed by atoms with Crippen LogP contribution < -0.4 is 24.8 Å². The van der Waals surface area contributed by atoms with Gasteiger partial charge in [-0.2, -0.15) is 0 Å². The molecule has 0 bridgehead atoms. The normalized spacial score (nSPS) is 12.2. The fourth-order valence-electron chi connectivity index (χ4n) is 2.42. The Bertz CT molecular complexity index is 823. The van der Waals surface area contributed by atoms with Crippen LogP contribution in [0.2, 0.25) is 0 Å². The quantitative estimate of drug-likeness (QED) is 0.776. The van der Waals surface area contributed by atoms with Crippen LogP contribution in [0.1, 0.15) is 10.4 Å². The van der Waals surface area contributed by atoms with E-state index in [9.17, 15) is 9.59 Å². The Morgan fingerprint density at radius 2 is 1.96 bits per heavy atom. The molecule has 1 heterocycles. The van der Waals surface area contributed by atoms with Crippen LogP contribution in [0.4, 0.5) is 5.69 Å². The maximum atomic E-state index is 12.4. The van der Waals surface area contributed by atoms with E-state index in [1.807, 2.05) is 12.1 Å². The smallest absolute Gasteiger partial charge is 0.251 e. The van der Waals surface area contributed by atoms with Crippen molar-refractivity contribution in [3.63, 3.8) is 0 Å². The number of amides is 2. The number of carbonyl (C=O) groups is 2. The molecule has 2 amide bonds. The van der Waals surface area contributed by atoms with Gasteiger partial charge < -0.3 is 24.8 Å². The molecule has 2 aromatic carbocycles. The molecule has 0 spiro atoms. The average molecular weight is 421 g/mol. The molecule has 0 unspecified atom stereocenters. The van der Waals surface area contributed by atoms with Gasteiger partial charge in [-0.05, 0) is 40.2 Å². The zero-order valence-electron chi connectivity index (χ0n) is 14.0. The first kappa shape index (κ1) is 18.1. The van der Waals surface area contributed by atoms with Crippen molar-refractivity contribution < 1.29 is 23.8 Å². The number of carbonyl (C=O) groups excluding carboxylic acids is 2. The number of para-hydroxylation sites is 1. The lowest BCUT2D eigenvalue weighted by molar-refractivity contribution is -0.115. The molecule has 26 heavy (non-hydrogen) atoms. The molecule has 2 N–H and O–H groups in total. The second kappa shape index (κ2) is 8.09. The first-order chi connectivity index (χ1) is 12.6. The van der Waals surface area contributed by atoms with Crippen molar-refractivity contribution >= 4 is 33.4 Å². The maximum absolute atomic E-state index is 12.4. The third kappa shape index (κ3) is 4.08. The molecule has 1 aliphatic heterocycles. The lowest BCUT2D eigenvalue weighted by Gasteiger charge is -2.21. The highest BCUT2D eigenvalue weighted by atomic mass is 79.9. The number of rotatable bonds is 5. The third-order valence-electron chi connectivity index (χ3n) is 3.65. The van der Waals surface area contributed by atoms with E-state index in [1.165, 1.54) is 7.11 Å². The Morgan fingerprint density at radius 1 is 1.19 bits per heavy atom. The van der Waals surface area contributed by atoms with Crippen LogP contribution in [-0.4, -0.2) is 38.7 Å². The lowest BCUT2D eigenvalue weighted by atomic mass is 10.1. The molecule has 0 saturated heterocycles. The van der Waals surface area contributed by atoms with Gasteiger partial charge in [-0.25, -0.2) is 0 Å². The zero-order chi connectivity index (χ0) is 18.5. The Hall–Kier alpha value is -2.74. The van der Waals surface area contributed by atoms with E-state index in [1.54, 1.807) is 24.3 Å². The van der Waals surface area contributed by atoms with Gasteiger partial charge in [0.1, 0.15) is 13.2 Å². The van der Waals surface area contributed by atoms with E-state index in [2.05, 4.69) is 26.6 Å². The van der Waals surface area contributed by atoms with Gasteiger partial charge in [-0.15, -0.1) is 0 Å². The van der Waals surface area contributed by atoms with Gasteiger partial charge in [-0.1, -0.05) is 12.1 Å². The number of anilines is 1. The molecule has 3 rings (SSSR count). The van der Waals surface area contributed by atoms with Crippen molar-refractivity contribution in [2.24, 2.45) is 0 Å². The highest BCUT2D eigenvalue weighted by Gasteiger charge is 2.21. The molecule has 7 nitrogen and oxygen atoms in total. The van der Waals surface area contributed by atoms with E-state index in [0.29, 0.717) is 41.7 Å². The number of hydrogen-bond acceptors (Lipinski definition) is 5. The van der Waals surface area contributed by atoms with Gasteiger partial charge in [0.2, 0.25) is 11.7 Å². The largest absolute Gasteiger partial charge is 0.493 e. The minimum Gasteiger partial charge on any atom is -0.493 e. The van der Waals surface area contributed by atoms with Crippen molar-refractivity contribution in [1.82, 2.24) is 5.32 Å². The summed E-state index contributed by atoms with van der Waals surface area (Å²) in [7, 11) is 1.49. The third-order valence-corrected chi connectivity index (χ3v) is 4.34. The van der Waals surface area contributed by atoms with E-state index < -0.39 is 5.91 Å². The van der Waals surface area contributed by atoms with E-state index >= 15 is 0 Å². The second-order valence-electron chi connectivity index (χ2n) is 5.41. The topological polar surface area (TPSA) is 85.9 Å². The van der Waals surface area contributed by atoms with Crippen molar-refractivity contribution in [3.8, 4) is 17.2 Å². The van der Waals surface area contributed by atoms with Gasteiger partial charge in [-0.3, -0.25) is 9.59 Å². The van der Waals surface area contributed by atoms with Gasteiger partial charge in [0, 0.05) is 10.0 Å². The van der Waals surface area contributed by atoms with Crippen molar-refractivity contribution in [2.45, 2.75) is 0 Å². The summed E-state index contributed by atoms with van der Waals surface area (Å²) in [5.74, 6) is 0.572. The number of benzene rings is 2. The number of hydrogen-bond donors (Lipinski definition) is 2. The van der Waals surface area contributed by atoms with Crippen LogP contribution >= 0.6 is 15.9 Å². The second-order valence-corrected chi connectivity index (χ2v) is 6.27. The summed E-state index contributed by atoms with van der Waals surface area (Å²) in [4.78, 5) is 24.4. The van der Waals surface area contributed by atoms with Crippen LogP contribution in [0.3, 0.4) is 0 Å². The maximum Gasteiger partial charge on any atom is 0.251 e. The van der Waals surface area contributed by atoms with Crippen LogP contribution in [-0.2, 0) is 4.79 Å². The number of nitrogens with one attached hydrogen (secondary N) is 2. The molecule has 8 heteroatoms. The highest BCUT2D eigenvalue weighted by molar-refractivity contribution is 9.10. The standard InChI is InChI=1S/C18H17BrN2O5/c1-24-14-8-11(9-15-17(14)26-7-6-25-15)18(23)20-10-16(22)21-13-5-3-2-4-12(13)19/h2-5,8-9H,6-7,10H2,1H3,(H,20,23)(H,21,22). The van der Waals surface area contributed by atoms with Crippen LogP contribution in [0, 0.1) is 0 Å². The van der Waals surface area contributed by atoms with Crippen molar-refractivity contribution in [3.05, 3.63) is 46.4 Å². The van der Waals surface area contributed by atoms with Gasteiger partial charge in [0.15, 0.2) is 11.5 Å². The minimum absolute atomic E-state index is 0.170. The molecule has 0 aromatic heterocycles. The SMILES string of the molecule is COc1cc(C(=O)NCC(=O)Nc2ccccc2Br)cc2c1OCCO2. The molecule has 2 aromatic rings. The molecule has 1 aliphatic rings. The summed E-state index contributed by atoms with van der Waals surface area (Å²) in [6.07, 6.45) is 0. The summed E-state index contributed by atoms with van der Waals surface area (Å²) in [6, 6.07) is 10.3. The Labute approximate surface area is 158 Å². The molecule has 0 radical (unpaired) electrons. The average Bonchev–Trinajstić information content (AvgIpc) is 2.67. The number of ether oxygens (including phenoxy) is 3. The lowest BCUT2D eigenvalue weighted by Crippen LogP contribution is -2.33. The Balaban J connectivity index is 1.65. The van der Waals surface area contributed by atoms with Gasteiger partial charge >= 0.3 is 0 Å². The van der Waals surface area contributed by atoms with E-state index in [-0.39, 0.29) is 12.5 Å². The van der Waals surface area contributed by atoms with Gasteiger partial charge in [0.25, 0.3) is 5.91 Å².